The maximum atomic E-state index is 11.8. The van der Waals surface area contributed by atoms with Crippen molar-refractivity contribution in [3.05, 3.63) is 35.7 Å². The highest BCUT2D eigenvalue weighted by molar-refractivity contribution is 7.53. The molecule has 3 rings (SSSR count). The van der Waals surface area contributed by atoms with E-state index in [-0.39, 0.29) is 37.7 Å². The second-order valence-corrected chi connectivity index (χ2v) is 14.9. The van der Waals surface area contributed by atoms with Crippen LogP contribution in [0.3, 0.4) is 0 Å². The molecule has 1 aromatic heterocycles. The lowest BCUT2D eigenvalue weighted by Crippen LogP contribution is -2.51. The van der Waals surface area contributed by atoms with Crippen LogP contribution in [0.2, 0.25) is 0 Å². The second kappa shape index (κ2) is 18.9. The molecule has 1 aromatic carbocycles. The highest BCUT2D eigenvalue weighted by Crippen LogP contribution is 2.65. The Labute approximate surface area is 286 Å². The normalized spacial score (nSPS) is 17.7. The van der Waals surface area contributed by atoms with E-state index in [1.54, 1.807) is 34.8 Å². The molecule has 12 heteroatoms. The van der Waals surface area contributed by atoms with E-state index in [1.165, 1.54) is 6.42 Å². The highest BCUT2D eigenvalue weighted by Gasteiger charge is 2.61. The monoisotopic (exact) mass is 695 g/mol. The molecule has 11 nitrogen and oxygen atoms in total. The van der Waals surface area contributed by atoms with Crippen molar-refractivity contribution in [3.63, 3.8) is 0 Å². The fraction of sp³-hybridized carbons (Fsp3) is 0.694. The quantitative estimate of drug-likeness (QED) is 0.110. The van der Waals surface area contributed by atoms with Crippen LogP contribution in [0.4, 0.5) is 0 Å². The second-order valence-electron chi connectivity index (χ2n) is 13.0. The zero-order valence-electron chi connectivity index (χ0n) is 29.9. The van der Waals surface area contributed by atoms with Crippen LogP contribution in [0.1, 0.15) is 123 Å². The van der Waals surface area contributed by atoms with Gasteiger partial charge in [-0.15, -0.1) is 0 Å². The van der Waals surface area contributed by atoms with Crippen molar-refractivity contribution in [2.75, 3.05) is 7.11 Å². The van der Waals surface area contributed by atoms with Crippen molar-refractivity contribution < 1.29 is 48.0 Å². The molecule has 48 heavy (non-hydrogen) atoms. The average Bonchev–Trinajstić information content (AvgIpc) is 3.44. The molecule has 272 valence electrons. The maximum Gasteiger partial charge on any atom is 0.332 e. The van der Waals surface area contributed by atoms with Crippen LogP contribution in [-0.4, -0.2) is 55.3 Å². The number of carboxylic acids is 2. The van der Waals surface area contributed by atoms with Gasteiger partial charge in [0.25, 0.3) is 0 Å². The van der Waals surface area contributed by atoms with Gasteiger partial charge in [-0.3, -0.25) is 14.2 Å². The maximum absolute atomic E-state index is 11.8. The molecule has 2 aromatic rings. The topological polar surface area (TPSA) is 177 Å². The average molecular weight is 696 g/mol. The lowest BCUT2D eigenvalue weighted by atomic mass is 9.68. The molecule has 0 bridgehead atoms. The Kier molecular flexibility index (Phi) is 16.3. The number of benzene rings is 1. The number of hydrogen-bond acceptors (Lipinski definition) is 7. The lowest BCUT2D eigenvalue weighted by molar-refractivity contribution is -0.153. The van der Waals surface area contributed by atoms with Crippen LogP contribution < -0.4 is 4.74 Å². The third-order valence-electron chi connectivity index (χ3n) is 10.5. The number of aliphatic carboxylic acids is 2. The molecule has 1 heterocycles. The summed E-state index contributed by atoms with van der Waals surface area (Å²) >= 11 is 0. The largest absolute Gasteiger partial charge is 0.497 e. The van der Waals surface area contributed by atoms with Crippen LogP contribution in [0.15, 0.2) is 28.7 Å². The Balaban J connectivity index is 0.000000401. The van der Waals surface area contributed by atoms with E-state index in [2.05, 4.69) is 4.98 Å². The Morgan fingerprint density at radius 3 is 2.21 bits per heavy atom. The van der Waals surface area contributed by atoms with Gasteiger partial charge in [0.2, 0.25) is 5.89 Å². The van der Waals surface area contributed by atoms with Crippen molar-refractivity contribution in [2.45, 2.75) is 136 Å². The number of nitrogens with zero attached hydrogens (tertiary/aromatic N) is 1. The minimum Gasteiger partial charge on any atom is -0.497 e. The minimum absolute atomic E-state index is 0.155. The molecular weight excluding hydrogens is 637 g/mol. The summed E-state index contributed by atoms with van der Waals surface area (Å²) in [6, 6.07) is 7.67. The smallest absolute Gasteiger partial charge is 0.332 e. The molecule has 1 saturated carbocycles. The van der Waals surface area contributed by atoms with E-state index in [1.807, 2.05) is 38.1 Å². The summed E-state index contributed by atoms with van der Waals surface area (Å²) in [5.41, 5.74) is 0.343. The van der Waals surface area contributed by atoms with Gasteiger partial charge in [-0.2, -0.15) is 0 Å². The number of hydrogen-bond donors (Lipinski definition) is 4. The van der Waals surface area contributed by atoms with Crippen molar-refractivity contribution in [1.29, 1.82) is 0 Å². The molecule has 0 saturated heterocycles. The van der Waals surface area contributed by atoms with Crippen molar-refractivity contribution in [1.82, 2.24) is 4.98 Å². The standard InChI is InChI=1S/C25H35NO5.C11H23O5P/c1-4-7-19(25(27)28)13-12-18-8-5-11-22(14-18)30-16-23-17(2)31-24(26-23)20-9-6-10-21(15-20)29-3;1-5-10(6-2,9(12)13)11(7-3,8-4)17(14,15)16/h6,9-10,15,18-19,22H,4-5,7-8,11-14,16H2,1-3H3,(H,27,28);5-8H2,1-4H3,(H,12,13)(H2,14,15,16)/t18-,19?,22-;/m1./s1. The van der Waals surface area contributed by atoms with Gasteiger partial charge < -0.3 is 33.9 Å². The number of rotatable bonds is 18. The molecule has 4 N–H and O–H groups in total. The minimum atomic E-state index is -4.50. The third-order valence-corrected chi connectivity index (χ3v) is 12.7. The van der Waals surface area contributed by atoms with Gasteiger partial charge in [0, 0.05) is 5.56 Å². The van der Waals surface area contributed by atoms with E-state index >= 15 is 0 Å². The van der Waals surface area contributed by atoms with Crippen LogP contribution in [0, 0.1) is 24.2 Å². The van der Waals surface area contributed by atoms with Crippen LogP contribution in [0.5, 0.6) is 5.75 Å². The number of ether oxygens (including phenoxy) is 2. The number of aryl methyl sites for hydroxylation is 1. The van der Waals surface area contributed by atoms with E-state index in [0.717, 1.165) is 67.7 Å². The van der Waals surface area contributed by atoms with E-state index in [0.29, 0.717) is 18.4 Å². The first-order valence-corrected chi connectivity index (χ1v) is 19.0. The fourth-order valence-corrected chi connectivity index (χ4v) is 9.29. The summed E-state index contributed by atoms with van der Waals surface area (Å²) in [4.78, 5) is 46.9. The first kappa shape index (κ1) is 41.5. The fourth-order valence-electron chi connectivity index (χ4n) is 7.50. The van der Waals surface area contributed by atoms with E-state index in [9.17, 15) is 34.2 Å². The summed E-state index contributed by atoms with van der Waals surface area (Å²) in [5, 5.41) is 17.4. The van der Waals surface area contributed by atoms with Gasteiger partial charge in [0.15, 0.2) is 0 Å². The molecule has 0 aliphatic heterocycles. The number of aromatic nitrogens is 1. The molecular formula is C36H58NO10P. The SMILES string of the molecule is CCC(CC)(C(=O)O)C(CC)(CC)P(=O)(O)O.CCCC(CC[C@H]1CCC[C@@H](OCc2nc(-c3cccc(OC)c3)oc2C)C1)C(=O)O. The molecule has 1 aliphatic carbocycles. The molecule has 1 fully saturated rings. The highest BCUT2D eigenvalue weighted by atomic mass is 31.2. The summed E-state index contributed by atoms with van der Waals surface area (Å²) in [6.45, 7) is 11.0. The number of carbonyl (C=O) groups is 2. The third kappa shape index (κ3) is 9.93. The first-order valence-electron chi connectivity index (χ1n) is 17.4. The van der Waals surface area contributed by atoms with Crippen molar-refractivity contribution >= 4 is 19.5 Å². The van der Waals surface area contributed by atoms with Gasteiger partial charge in [-0.05, 0) is 88.8 Å². The molecule has 0 radical (unpaired) electrons. The molecule has 0 spiro atoms. The van der Waals surface area contributed by atoms with Gasteiger partial charge in [-0.25, -0.2) is 4.98 Å². The molecule has 0 amide bonds. The first-order chi connectivity index (χ1) is 22.7. The Hall–Kier alpha value is -2.72. The number of methoxy groups -OCH3 is 1. The summed E-state index contributed by atoms with van der Waals surface area (Å²) in [5.74, 6) is 0.681. The number of carboxylic acid groups (broad SMARTS) is 2. The predicted octanol–water partition coefficient (Wildman–Crippen LogP) is 8.63. The van der Waals surface area contributed by atoms with Crippen LogP contribution in [-0.2, 0) is 25.5 Å². The van der Waals surface area contributed by atoms with E-state index < -0.39 is 30.1 Å². The Bertz CT molecular complexity index is 1340. The Morgan fingerprint density at radius 1 is 1.04 bits per heavy atom. The lowest BCUT2D eigenvalue weighted by Gasteiger charge is -2.46. The van der Waals surface area contributed by atoms with Crippen LogP contribution >= 0.6 is 7.60 Å². The summed E-state index contributed by atoms with van der Waals surface area (Å²) in [7, 11) is -2.86. The van der Waals surface area contributed by atoms with Gasteiger partial charge >= 0.3 is 19.5 Å². The Morgan fingerprint density at radius 2 is 1.71 bits per heavy atom. The molecule has 1 unspecified atom stereocenters. The zero-order valence-corrected chi connectivity index (χ0v) is 30.8. The predicted molar refractivity (Wildman–Crippen MR) is 185 cm³/mol. The zero-order chi connectivity index (χ0) is 36.1. The van der Waals surface area contributed by atoms with Crippen molar-refractivity contribution in [3.8, 4) is 17.2 Å². The van der Waals surface area contributed by atoms with Gasteiger partial charge in [0.05, 0.1) is 36.3 Å². The van der Waals surface area contributed by atoms with Gasteiger partial charge in [0.1, 0.15) is 17.2 Å². The summed E-state index contributed by atoms with van der Waals surface area (Å²) in [6.07, 6.45) is 8.71. The number of oxazole rings is 1. The van der Waals surface area contributed by atoms with E-state index in [4.69, 9.17) is 13.9 Å². The molecule has 1 aliphatic rings. The molecule has 3 atom stereocenters. The van der Waals surface area contributed by atoms with Crippen molar-refractivity contribution in [2.24, 2.45) is 17.3 Å². The van der Waals surface area contributed by atoms with Crippen LogP contribution in [0.25, 0.3) is 11.5 Å². The summed E-state index contributed by atoms with van der Waals surface area (Å²) < 4.78 is 29.2. The van der Waals surface area contributed by atoms with Gasteiger partial charge in [-0.1, -0.05) is 59.9 Å².